The first-order chi connectivity index (χ1) is 15.1. The summed E-state index contributed by atoms with van der Waals surface area (Å²) in [6.07, 6.45) is 3.52. The van der Waals surface area contributed by atoms with Gasteiger partial charge in [0.2, 0.25) is 6.10 Å². The second-order valence-corrected chi connectivity index (χ2v) is 7.89. The smallest absolute Gasteiger partial charge is 0.266 e. The summed E-state index contributed by atoms with van der Waals surface area (Å²) in [7, 11) is 0. The van der Waals surface area contributed by atoms with E-state index in [0.717, 1.165) is 5.56 Å². The lowest BCUT2D eigenvalue weighted by Gasteiger charge is -2.33. The minimum atomic E-state index is -0.784. The molecule has 0 spiro atoms. The van der Waals surface area contributed by atoms with Crippen LogP contribution >= 0.6 is 11.6 Å². The molecule has 3 aromatic rings. The second kappa shape index (κ2) is 9.71. The number of rotatable bonds is 6. The number of hydrogen-bond donors (Lipinski definition) is 1. The first-order valence-electron chi connectivity index (χ1n) is 10.2. The van der Waals surface area contributed by atoms with Crippen LogP contribution in [0.2, 0.25) is 5.02 Å². The van der Waals surface area contributed by atoms with Gasteiger partial charge in [-0.1, -0.05) is 41.9 Å². The van der Waals surface area contributed by atoms with Crippen molar-refractivity contribution in [1.82, 2.24) is 10.2 Å². The lowest BCUT2D eigenvalue weighted by molar-refractivity contribution is -0.129. The third-order valence-electron chi connectivity index (χ3n) is 5.30. The SMILES string of the molecule is O=C(NC1CCN(C(=O)c2ccoc2)CC1)C(Oc1ccc(Cl)cc1)c1ccccc1. The molecule has 1 N–H and O–H groups in total. The van der Waals surface area contributed by atoms with Gasteiger partial charge in [0, 0.05) is 29.7 Å². The molecule has 2 amide bonds. The molecule has 1 aromatic heterocycles. The molecule has 7 heteroatoms. The van der Waals surface area contributed by atoms with Crippen LogP contribution in [0, 0.1) is 0 Å². The Morgan fingerprint density at radius 1 is 1.03 bits per heavy atom. The third kappa shape index (κ3) is 5.27. The summed E-state index contributed by atoms with van der Waals surface area (Å²) in [5, 5.41) is 3.70. The van der Waals surface area contributed by atoms with E-state index in [0.29, 0.717) is 42.3 Å². The van der Waals surface area contributed by atoms with E-state index in [9.17, 15) is 9.59 Å². The summed E-state index contributed by atoms with van der Waals surface area (Å²) in [5.74, 6) is 0.307. The Morgan fingerprint density at radius 2 is 1.74 bits per heavy atom. The van der Waals surface area contributed by atoms with E-state index in [2.05, 4.69) is 5.32 Å². The molecule has 2 heterocycles. The maximum Gasteiger partial charge on any atom is 0.266 e. The van der Waals surface area contributed by atoms with E-state index in [-0.39, 0.29) is 17.9 Å². The van der Waals surface area contributed by atoms with E-state index >= 15 is 0 Å². The standard InChI is InChI=1S/C24H23ClN2O4/c25-19-6-8-21(9-7-19)31-22(17-4-2-1-3-5-17)23(28)26-20-10-13-27(14-11-20)24(29)18-12-15-30-16-18/h1-9,12,15-16,20,22H,10-11,13-14H2,(H,26,28). The van der Waals surface area contributed by atoms with Crippen LogP contribution in [-0.4, -0.2) is 35.8 Å². The van der Waals surface area contributed by atoms with Crippen LogP contribution in [0.3, 0.4) is 0 Å². The number of carbonyl (C=O) groups is 2. The average molecular weight is 439 g/mol. The monoisotopic (exact) mass is 438 g/mol. The summed E-state index contributed by atoms with van der Waals surface area (Å²) in [6, 6.07) is 18.0. The van der Waals surface area contributed by atoms with Gasteiger partial charge >= 0.3 is 0 Å². The Hall–Kier alpha value is -3.25. The highest BCUT2D eigenvalue weighted by molar-refractivity contribution is 6.30. The number of ether oxygens (including phenoxy) is 1. The van der Waals surface area contributed by atoms with Crippen LogP contribution in [0.5, 0.6) is 5.75 Å². The van der Waals surface area contributed by atoms with Gasteiger partial charge in [0.05, 0.1) is 11.8 Å². The van der Waals surface area contributed by atoms with Crippen molar-refractivity contribution in [3.8, 4) is 5.75 Å². The van der Waals surface area contributed by atoms with Gasteiger partial charge in [-0.05, 0) is 43.2 Å². The lowest BCUT2D eigenvalue weighted by atomic mass is 10.0. The van der Waals surface area contributed by atoms with Crippen molar-refractivity contribution in [3.05, 3.63) is 89.3 Å². The molecule has 0 bridgehead atoms. The number of hydrogen-bond acceptors (Lipinski definition) is 4. The van der Waals surface area contributed by atoms with Gasteiger partial charge < -0.3 is 19.4 Å². The number of benzene rings is 2. The van der Waals surface area contributed by atoms with Crippen LogP contribution in [0.4, 0.5) is 0 Å². The van der Waals surface area contributed by atoms with Crippen molar-refractivity contribution < 1.29 is 18.7 Å². The van der Waals surface area contributed by atoms with Crippen LogP contribution in [0.1, 0.15) is 34.9 Å². The molecule has 160 valence electrons. The molecule has 1 aliphatic heterocycles. The van der Waals surface area contributed by atoms with Crippen molar-refractivity contribution >= 4 is 23.4 Å². The summed E-state index contributed by atoms with van der Waals surface area (Å²) >= 11 is 5.96. The van der Waals surface area contributed by atoms with Gasteiger partial charge in [-0.25, -0.2) is 0 Å². The molecular formula is C24H23ClN2O4. The second-order valence-electron chi connectivity index (χ2n) is 7.45. The van der Waals surface area contributed by atoms with E-state index in [1.165, 1.54) is 12.5 Å². The maximum atomic E-state index is 13.1. The number of nitrogens with zero attached hydrogens (tertiary/aromatic N) is 1. The Balaban J connectivity index is 1.39. The molecule has 1 atom stereocenters. The molecule has 0 aliphatic carbocycles. The highest BCUT2D eigenvalue weighted by Crippen LogP contribution is 2.25. The van der Waals surface area contributed by atoms with E-state index < -0.39 is 6.10 Å². The van der Waals surface area contributed by atoms with Crippen molar-refractivity contribution in [2.45, 2.75) is 25.0 Å². The maximum absolute atomic E-state index is 13.1. The Labute approximate surface area is 185 Å². The van der Waals surface area contributed by atoms with Gasteiger partial charge in [-0.2, -0.15) is 0 Å². The average Bonchev–Trinajstić information content (AvgIpc) is 3.34. The fourth-order valence-electron chi connectivity index (χ4n) is 3.62. The highest BCUT2D eigenvalue weighted by Gasteiger charge is 2.29. The first-order valence-corrected chi connectivity index (χ1v) is 10.6. The normalized spacial score (nSPS) is 15.3. The fraction of sp³-hybridized carbons (Fsp3) is 0.250. The molecule has 0 radical (unpaired) electrons. The van der Waals surface area contributed by atoms with Crippen LogP contribution in [-0.2, 0) is 4.79 Å². The summed E-state index contributed by atoms with van der Waals surface area (Å²) in [4.78, 5) is 27.4. The number of nitrogens with one attached hydrogen (secondary N) is 1. The number of amides is 2. The van der Waals surface area contributed by atoms with Gasteiger partial charge in [-0.3, -0.25) is 9.59 Å². The topological polar surface area (TPSA) is 71.8 Å². The predicted octanol–water partition coefficient (Wildman–Crippen LogP) is 4.47. The molecular weight excluding hydrogens is 416 g/mol. The van der Waals surface area contributed by atoms with Crippen molar-refractivity contribution in [2.24, 2.45) is 0 Å². The van der Waals surface area contributed by atoms with E-state index in [4.69, 9.17) is 20.8 Å². The minimum absolute atomic E-state index is 0.0269. The molecule has 4 rings (SSSR count). The van der Waals surface area contributed by atoms with Gasteiger partial charge in [0.1, 0.15) is 12.0 Å². The predicted molar refractivity (Wildman–Crippen MR) is 117 cm³/mol. The Kier molecular flexibility index (Phi) is 6.57. The van der Waals surface area contributed by atoms with Crippen LogP contribution in [0.25, 0.3) is 0 Å². The Bertz CT molecular complexity index is 998. The molecule has 2 aromatic carbocycles. The van der Waals surface area contributed by atoms with Crippen molar-refractivity contribution in [1.29, 1.82) is 0 Å². The molecule has 1 aliphatic rings. The largest absolute Gasteiger partial charge is 0.476 e. The Morgan fingerprint density at radius 3 is 2.39 bits per heavy atom. The zero-order valence-corrected chi connectivity index (χ0v) is 17.6. The quantitative estimate of drug-likeness (QED) is 0.616. The molecule has 6 nitrogen and oxygen atoms in total. The number of halogens is 1. The zero-order chi connectivity index (χ0) is 21.6. The number of carbonyl (C=O) groups excluding carboxylic acids is 2. The molecule has 1 saturated heterocycles. The molecule has 1 unspecified atom stereocenters. The number of furan rings is 1. The number of piperidine rings is 1. The zero-order valence-electron chi connectivity index (χ0n) is 16.9. The molecule has 31 heavy (non-hydrogen) atoms. The summed E-state index contributed by atoms with van der Waals surface area (Å²) in [5.41, 5.74) is 1.31. The molecule has 0 saturated carbocycles. The van der Waals surface area contributed by atoms with E-state index in [1.807, 2.05) is 30.3 Å². The van der Waals surface area contributed by atoms with Gasteiger partial charge in [-0.15, -0.1) is 0 Å². The van der Waals surface area contributed by atoms with Crippen molar-refractivity contribution in [3.63, 3.8) is 0 Å². The minimum Gasteiger partial charge on any atom is -0.476 e. The van der Waals surface area contributed by atoms with Crippen LogP contribution < -0.4 is 10.1 Å². The first kappa shape index (κ1) is 21.0. The third-order valence-corrected chi connectivity index (χ3v) is 5.56. The van der Waals surface area contributed by atoms with Crippen molar-refractivity contribution in [2.75, 3.05) is 13.1 Å². The fourth-order valence-corrected chi connectivity index (χ4v) is 3.75. The number of likely N-dealkylation sites (tertiary alicyclic amines) is 1. The van der Waals surface area contributed by atoms with Crippen LogP contribution in [0.15, 0.2) is 77.6 Å². The summed E-state index contributed by atoms with van der Waals surface area (Å²) in [6.45, 7) is 1.14. The summed E-state index contributed by atoms with van der Waals surface area (Å²) < 4.78 is 11.0. The molecule has 1 fully saturated rings. The van der Waals surface area contributed by atoms with E-state index in [1.54, 1.807) is 35.2 Å². The lowest BCUT2D eigenvalue weighted by Crippen LogP contribution is -2.48. The highest BCUT2D eigenvalue weighted by atomic mass is 35.5. The van der Waals surface area contributed by atoms with Gasteiger partial charge in [0.25, 0.3) is 11.8 Å². The van der Waals surface area contributed by atoms with Gasteiger partial charge in [0.15, 0.2) is 0 Å².